The predicted molar refractivity (Wildman–Crippen MR) is 78.4 cm³/mol. The van der Waals surface area contributed by atoms with E-state index < -0.39 is 0 Å². The minimum Gasteiger partial charge on any atom is -0.399 e. The number of carbonyl (C=O) groups is 1. The fourth-order valence-electron chi connectivity index (χ4n) is 1.44. The summed E-state index contributed by atoms with van der Waals surface area (Å²) in [5.74, 6) is 0.130. The molecule has 0 saturated heterocycles. The predicted octanol–water partition coefficient (Wildman–Crippen LogP) is 2.39. The molecule has 1 aromatic carbocycles. The lowest BCUT2D eigenvalue weighted by atomic mass is 10.3. The van der Waals surface area contributed by atoms with E-state index in [2.05, 4.69) is 10.3 Å². The number of imidazole rings is 1. The van der Waals surface area contributed by atoms with Crippen molar-refractivity contribution in [2.75, 3.05) is 16.8 Å². The van der Waals surface area contributed by atoms with Gasteiger partial charge in [0.15, 0.2) is 5.16 Å². The van der Waals surface area contributed by atoms with E-state index in [1.54, 1.807) is 24.4 Å². The Hall–Kier alpha value is -1.66. The first-order chi connectivity index (χ1) is 9.06. The van der Waals surface area contributed by atoms with Gasteiger partial charge >= 0.3 is 0 Å². The first kappa shape index (κ1) is 13.8. The van der Waals surface area contributed by atoms with E-state index in [4.69, 9.17) is 17.3 Å². The molecule has 2 aromatic rings. The fraction of sp³-hybridized carbons (Fsp3) is 0.167. The summed E-state index contributed by atoms with van der Waals surface area (Å²) in [6.07, 6.45) is 3.52. The first-order valence-electron chi connectivity index (χ1n) is 5.51. The topological polar surface area (TPSA) is 72.9 Å². The van der Waals surface area contributed by atoms with Gasteiger partial charge in [-0.2, -0.15) is 0 Å². The first-order valence-corrected chi connectivity index (χ1v) is 6.87. The van der Waals surface area contributed by atoms with Gasteiger partial charge in [-0.25, -0.2) is 4.98 Å². The average molecular weight is 297 g/mol. The number of nitrogen functional groups attached to an aromatic ring is 1. The Kier molecular flexibility index (Phi) is 4.34. The second-order valence-electron chi connectivity index (χ2n) is 3.90. The molecule has 0 aliphatic heterocycles. The zero-order valence-electron chi connectivity index (χ0n) is 10.3. The van der Waals surface area contributed by atoms with E-state index in [1.165, 1.54) is 11.8 Å². The molecule has 100 valence electrons. The zero-order chi connectivity index (χ0) is 13.8. The number of carbonyl (C=O) groups excluding carboxylic acids is 1. The highest BCUT2D eigenvalue weighted by atomic mass is 35.5. The normalized spacial score (nSPS) is 10.4. The highest BCUT2D eigenvalue weighted by Crippen LogP contribution is 2.24. The average Bonchev–Trinajstić information content (AvgIpc) is 2.76. The molecule has 0 saturated carbocycles. The van der Waals surface area contributed by atoms with Crippen molar-refractivity contribution >= 4 is 40.6 Å². The van der Waals surface area contributed by atoms with Crippen LogP contribution in [0.15, 0.2) is 35.7 Å². The number of amides is 1. The summed E-state index contributed by atoms with van der Waals surface area (Å²) in [6.45, 7) is 0. The number of halogens is 1. The molecule has 1 heterocycles. The molecule has 1 aromatic heterocycles. The minimum absolute atomic E-state index is 0.139. The van der Waals surface area contributed by atoms with Gasteiger partial charge in [-0.15, -0.1) is 0 Å². The molecule has 0 bridgehead atoms. The summed E-state index contributed by atoms with van der Waals surface area (Å²) >= 11 is 7.34. The lowest BCUT2D eigenvalue weighted by molar-refractivity contribution is -0.113. The zero-order valence-corrected chi connectivity index (χ0v) is 11.8. The molecular formula is C12H13ClN4OS. The number of thioether (sulfide) groups is 1. The summed E-state index contributed by atoms with van der Waals surface area (Å²) in [6, 6.07) is 4.97. The number of aromatic nitrogens is 2. The van der Waals surface area contributed by atoms with E-state index in [1.807, 2.05) is 17.8 Å². The number of benzene rings is 1. The number of nitrogens with zero attached hydrogens (tertiary/aromatic N) is 2. The van der Waals surface area contributed by atoms with Crippen molar-refractivity contribution in [2.24, 2.45) is 7.05 Å². The third kappa shape index (κ3) is 3.65. The second kappa shape index (κ2) is 5.99. The second-order valence-corrected chi connectivity index (χ2v) is 5.25. The van der Waals surface area contributed by atoms with Gasteiger partial charge in [0.05, 0.1) is 16.5 Å². The van der Waals surface area contributed by atoms with Crippen LogP contribution in [0.5, 0.6) is 0 Å². The van der Waals surface area contributed by atoms with Crippen LogP contribution >= 0.6 is 23.4 Å². The molecule has 0 radical (unpaired) electrons. The third-order valence-corrected chi connectivity index (χ3v) is 3.75. The standard InChI is InChI=1S/C12H13ClN4OS/c1-17-5-4-15-12(17)19-7-11(18)16-10-3-2-8(14)6-9(10)13/h2-6H,7,14H2,1H3,(H,16,18). The van der Waals surface area contributed by atoms with Crippen molar-refractivity contribution in [1.82, 2.24) is 9.55 Å². The number of hydrogen-bond donors (Lipinski definition) is 2. The van der Waals surface area contributed by atoms with Crippen LogP contribution in [-0.4, -0.2) is 21.2 Å². The molecule has 0 unspecified atom stereocenters. The van der Waals surface area contributed by atoms with Crippen LogP contribution in [-0.2, 0) is 11.8 Å². The maximum absolute atomic E-state index is 11.8. The van der Waals surface area contributed by atoms with Crippen molar-refractivity contribution in [2.45, 2.75) is 5.16 Å². The highest BCUT2D eigenvalue weighted by Gasteiger charge is 2.08. The number of nitrogens with two attached hydrogens (primary N) is 1. The number of aryl methyl sites for hydroxylation is 1. The molecule has 19 heavy (non-hydrogen) atoms. The molecule has 1 amide bonds. The van der Waals surface area contributed by atoms with Crippen LogP contribution in [0, 0.1) is 0 Å². The van der Waals surface area contributed by atoms with Gasteiger partial charge in [0.25, 0.3) is 0 Å². The molecule has 0 fully saturated rings. The van der Waals surface area contributed by atoms with E-state index in [0.29, 0.717) is 16.4 Å². The fourth-order valence-corrected chi connectivity index (χ4v) is 2.41. The smallest absolute Gasteiger partial charge is 0.234 e. The molecular weight excluding hydrogens is 284 g/mol. The van der Waals surface area contributed by atoms with Gasteiger partial charge in [0, 0.05) is 25.1 Å². The van der Waals surface area contributed by atoms with Gasteiger partial charge in [-0.3, -0.25) is 4.79 Å². The summed E-state index contributed by atoms with van der Waals surface area (Å²) in [7, 11) is 1.88. The van der Waals surface area contributed by atoms with Crippen LogP contribution in [0.2, 0.25) is 5.02 Å². The highest BCUT2D eigenvalue weighted by molar-refractivity contribution is 7.99. The number of hydrogen-bond acceptors (Lipinski definition) is 4. The van der Waals surface area contributed by atoms with Gasteiger partial charge in [0.2, 0.25) is 5.91 Å². The summed E-state index contributed by atoms with van der Waals surface area (Å²) < 4.78 is 1.86. The molecule has 2 rings (SSSR count). The Balaban J connectivity index is 1.93. The lowest BCUT2D eigenvalue weighted by Crippen LogP contribution is -2.14. The SMILES string of the molecule is Cn1ccnc1SCC(=O)Nc1ccc(N)cc1Cl. The van der Waals surface area contributed by atoms with E-state index >= 15 is 0 Å². The van der Waals surface area contributed by atoms with Crippen LogP contribution in [0.4, 0.5) is 11.4 Å². The Labute approximate surface area is 120 Å². The lowest BCUT2D eigenvalue weighted by Gasteiger charge is -2.07. The van der Waals surface area contributed by atoms with Gasteiger partial charge in [0.1, 0.15) is 0 Å². The van der Waals surface area contributed by atoms with E-state index in [-0.39, 0.29) is 11.7 Å². The van der Waals surface area contributed by atoms with Crippen LogP contribution in [0.1, 0.15) is 0 Å². The maximum atomic E-state index is 11.8. The molecule has 3 N–H and O–H groups in total. The minimum atomic E-state index is -0.139. The Morgan fingerprint density at radius 2 is 2.37 bits per heavy atom. The van der Waals surface area contributed by atoms with Crippen LogP contribution in [0.3, 0.4) is 0 Å². The van der Waals surface area contributed by atoms with Gasteiger partial charge in [-0.1, -0.05) is 23.4 Å². The Bertz CT molecular complexity index is 599. The molecule has 0 spiro atoms. The summed E-state index contributed by atoms with van der Waals surface area (Å²) in [5, 5.41) is 3.95. The summed E-state index contributed by atoms with van der Waals surface area (Å²) in [4.78, 5) is 15.9. The van der Waals surface area contributed by atoms with Crippen LogP contribution < -0.4 is 11.1 Å². The molecule has 0 aliphatic carbocycles. The number of rotatable bonds is 4. The maximum Gasteiger partial charge on any atom is 0.234 e. The molecule has 5 nitrogen and oxygen atoms in total. The van der Waals surface area contributed by atoms with Gasteiger partial charge in [-0.05, 0) is 18.2 Å². The summed E-state index contributed by atoms with van der Waals surface area (Å²) in [5.41, 5.74) is 6.70. The van der Waals surface area contributed by atoms with Crippen molar-refractivity contribution in [1.29, 1.82) is 0 Å². The number of anilines is 2. The molecule has 7 heteroatoms. The molecule has 0 aliphatic rings. The monoisotopic (exact) mass is 296 g/mol. The Morgan fingerprint density at radius 1 is 1.58 bits per heavy atom. The largest absolute Gasteiger partial charge is 0.399 e. The van der Waals surface area contributed by atoms with Gasteiger partial charge < -0.3 is 15.6 Å². The Morgan fingerprint density at radius 3 is 3.00 bits per heavy atom. The van der Waals surface area contributed by atoms with Crippen LogP contribution in [0.25, 0.3) is 0 Å². The van der Waals surface area contributed by atoms with Crippen molar-refractivity contribution in [3.05, 3.63) is 35.6 Å². The molecule has 0 atom stereocenters. The number of nitrogens with one attached hydrogen (secondary N) is 1. The third-order valence-electron chi connectivity index (χ3n) is 2.38. The quantitative estimate of drug-likeness (QED) is 0.671. The van der Waals surface area contributed by atoms with Crippen molar-refractivity contribution < 1.29 is 4.79 Å². The van der Waals surface area contributed by atoms with E-state index in [0.717, 1.165) is 5.16 Å². The van der Waals surface area contributed by atoms with Crippen molar-refractivity contribution in [3.63, 3.8) is 0 Å². The van der Waals surface area contributed by atoms with Crippen molar-refractivity contribution in [3.8, 4) is 0 Å². The van der Waals surface area contributed by atoms with E-state index in [9.17, 15) is 4.79 Å².